The molecule has 0 amide bonds. The van der Waals surface area contributed by atoms with Crippen molar-refractivity contribution in [1.29, 1.82) is 0 Å². The standard InChI is InChI=1S/C37H43F5Si/c1-33(2,3)23-20-18-22(19-21-23)25-16-13-17-26-35(25,6)37(8,43(9,10)24-14-11-12-15-24)34(4,5)36(26,7)27-28(38)30(40)32(42)31(41)29(27)39/h11-21,24-25H,1-10H3. The van der Waals surface area contributed by atoms with Crippen molar-refractivity contribution in [2.24, 2.45) is 10.8 Å². The third-order valence-electron chi connectivity index (χ3n) is 12.5. The van der Waals surface area contributed by atoms with E-state index in [1.54, 1.807) is 6.92 Å². The van der Waals surface area contributed by atoms with Crippen LogP contribution in [0.3, 0.4) is 0 Å². The van der Waals surface area contributed by atoms with Crippen LogP contribution in [-0.4, -0.2) is 8.07 Å². The molecule has 4 atom stereocenters. The molecule has 4 unspecified atom stereocenters. The molecule has 0 spiro atoms. The molecule has 0 heterocycles. The van der Waals surface area contributed by atoms with E-state index in [-0.39, 0.29) is 16.9 Å². The Morgan fingerprint density at radius 2 is 1.16 bits per heavy atom. The molecule has 0 saturated heterocycles. The maximum absolute atomic E-state index is 16.0. The lowest BCUT2D eigenvalue weighted by atomic mass is 9.60. The van der Waals surface area contributed by atoms with Crippen LogP contribution in [0.25, 0.3) is 0 Å². The third-order valence-corrected chi connectivity index (χ3v) is 18.3. The van der Waals surface area contributed by atoms with Gasteiger partial charge in [-0.3, -0.25) is 0 Å². The second-order valence-electron chi connectivity index (χ2n) is 15.4. The maximum atomic E-state index is 16.0. The molecule has 1 saturated carbocycles. The van der Waals surface area contributed by atoms with Gasteiger partial charge in [0.25, 0.3) is 0 Å². The lowest BCUT2D eigenvalue weighted by Gasteiger charge is -2.61. The summed E-state index contributed by atoms with van der Waals surface area (Å²) in [5, 5.41) is -0.615. The minimum atomic E-state index is -2.54. The van der Waals surface area contributed by atoms with Gasteiger partial charge in [-0.25, -0.2) is 22.0 Å². The van der Waals surface area contributed by atoms with Crippen LogP contribution < -0.4 is 0 Å². The smallest absolute Gasteiger partial charge is 0.200 e. The van der Waals surface area contributed by atoms with E-state index >= 15 is 8.78 Å². The van der Waals surface area contributed by atoms with Gasteiger partial charge < -0.3 is 0 Å². The number of fused-ring (bicyclic) bond motifs is 1. The lowest BCUT2D eigenvalue weighted by molar-refractivity contribution is 0.127. The number of hydrogen-bond acceptors (Lipinski definition) is 0. The lowest BCUT2D eigenvalue weighted by Crippen LogP contribution is -2.58. The average Bonchev–Trinajstić information content (AvgIpc) is 3.52. The first-order valence-corrected chi connectivity index (χ1v) is 18.2. The fraction of sp³-hybridized carbons (Fsp3) is 0.459. The molecule has 3 aliphatic rings. The summed E-state index contributed by atoms with van der Waals surface area (Å²) < 4.78 is 76.2. The maximum Gasteiger partial charge on any atom is 0.200 e. The van der Waals surface area contributed by atoms with Gasteiger partial charge in [0.05, 0.1) is 8.07 Å². The molecular formula is C37H43F5Si. The first-order valence-electron chi connectivity index (χ1n) is 15.1. The van der Waals surface area contributed by atoms with Gasteiger partial charge in [0.15, 0.2) is 23.3 Å². The van der Waals surface area contributed by atoms with Crippen LogP contribution in [-0.2, 0) is 10.8 Å². The molecular weight excluding hydrogens is 567 g/mol. The molecule has 0 aliphatic heterocycles. The summed E-state index contributed by atoms with van der Waals surface area (Å²) in [6.07, 6.45) is 14.4. The van der Waals surface area contributed by atoms with Crippen LogP contribution in [0.4, 0.5) is 22.0 Å². The second-order valence-corrected chi connectivity index (χ2v) is 20.5. The fourth-order valence-electron chi connectivity index (χ4n) is 9.40. The van der Waals surface area contributed by atoms with Gasteiger partial charge in [0, 0.05) is 22.3 Å². The Bertz CT molecular complexity index is 1560. The van der Waals surface area contributed by atoms with Gasteiger partial charge in [-0.05, 0) is 32.5 Å². The largest absolute Gasteiger partial charge is 0.203 e. The topological polar surface area (TPSA) is 0 Å². The SMILES string of the molecule is CC(C)(C)c1ccc(C2C=CC=C3C(C)(c4c(F)c(F)c(F)c(F)c4F)C(C)(C)C(C)([Si](C)(C)C4C=CC=C4)C32C)cc1. The second kappa shape index (κ2) is 9.63. The van der Waals surface area contributed by atoms with Crippen molar-refractivity contribution in [3.8, 4) is 0 Å². The van der Waals surface area contributed by atoms with E-state index in [9.17, 15) is 13.2 Å². The molecule has 0 aromatic heterocycles. The van der Waals surface area contributed by atoms with Gasteiger partial charge in [-0.1, -0.05) is 141 Å². The van der Waals surface area contributed by atoms with Crippen LogP contribution in [0.15, 0.2) is 72.4 Å². The van der Waals surface area contributed by atoms with Gasteiger partial charge in [0.2, 0.25) is 5.82 Å². The van der Waals surface area contributed by atoms with Gasteiger partial charge in [-0.15, -0.1) is 0 Å². The molecule has 0 bridgehead atoms. The number of halogens is 5. The number of rotatable bonds is 4. The van der Waals surface area contributed by atoms with Crippen molar-refractivity contribution in [2.45, 2.75) is 95.8 Å². The van der Waals surface area contributed by atoms with E-state index in [1.807, 2.05) is 38.2 Å². The van der Waals surface area contributed by atoms with E-state index in [4.69, 9.17) is 0 Å². The number of benzene rings is 2. The van der Waals surface area contributed by atoms with E-state index < -0.39 is 64.0 Å². The molecule has 1 fully saturated rings. The van der Waals surface area contributed by atoms with Crippen molar-refractivity contribution >= 4 is 8.07 Å². The highest BCUT2D eigenvalue weighted by molar-refractivity contribution is 6.83. The van der Waals surface area contributed by atoms with Crippen molar-refractivity contribution in [3.05, 3.63) is 118 Å². The molecule has 0 radical (unpaired) electrons. The Balaban J connectivity index is 1.88. The first-order chi connectivity index (χ1) is 19.7. The summed E-state index contributed by atoms with van der Waals surface area (Å²) >= 11 is 0. The van der Waals surface area contributed by atoms with Crippen molar-refractivity contribution in [3.63, 3.8) is 0 Å². The van der Waals surface area contributed by atoms with E-state index in [1.165, 1.54) is 5.56 Å². The van der Waals surface area contributed by atoms with Gasteiger partial charge in [0.1, 0.15) is 0 Å². The van der Waals surface area contributed by atoms with E-state index in [2.05, 4.69) is 90.2 Å². The Labute approximate surface area is 254 Å². The van der Waals surface area contributed by atoms with Crippen molar-refractivity contribution in [2.75, 3.05) is 0 Å². The Kier molecular flexibility index (Phi) is 7.10. The Morgan fingerprint density at radius 1 is 0.674 bits per heavy atom. The van der Waals surface area contributed by atoms with Crippen LogP contribution in [0.2, 0.25) is 23.7 Å². The Hall–Kier alpha value is -2.73. The van der Waals surface area contributed by atoms with Crippen LogP contribution in [0.5, 0.6) is 0 Å². The van der Waals surface area contributed by atoms with Crippen LogP contribution >= 0.6 is 0 Å². The summed E-state index contributed by atoms with van der Waals surface area (Å²) in [5.74, 6) is -9.63. The molecule has 6 heteroatoms. The van der Waals surface area contributed by atoms with Crippen molar-refractivity contribution < 1.29 is 22.0 Å². The minimum Gasteiger partial charge on any atom is -0.203 e. The zero-order chi connectivity index (χ0) is 32.1. The monoisotopic (exact) mass is 610 g/mol. The number of allylic oxidation sites excluding steroid dienone is 8. The van der Waals surface area contributed by atoms with Crippen LogP contribution in [0, 0.1) is 39.9 Å². The highest BCUT2D eigenvalue weighted by Crippen LogP contribution is 2.84. The normalized spacial score (nSPS) is 30.2. The fourth-order valence-corrected chi connectivity index (χ4v) is 14.7. The summed E-state index contributed by atoms with van der Waals surface area (Å²) in [6, 6.07) is 8.54. The Morgan fingerprint density at radius 3 is 1.65 bits per heavy atom. The third kappa shape index (κ3) is 3.77. The predicted molar refractivity (Wildman–Crippen MR) is 168 cm³/mol. The average molecular weight is 611 g/mol. The molecule has 3 aliphatic carbocycles. The summed E-state index contributed by atoms with van der Waals surface area (Å²) in [5.41, 5.74) is -0.910. The molecule has 0 nitrogen and oxygen atoms in total. The highest BCUT2D eigenvalue weighted by Gasteiger charge is 2.78. The zero-order valence-electron chi connectivity index (χ0n) is 26.9. The van der Waals surface area contributed by atoms with Gasteiger partial charge >= 0.3 is 0 Å². The molecule has 2 aromatic carbocycles. The number of hydrogen-bond donors (Lipinski definition) is 0. The summed E-state index contributed by atoms with van der Waals surface area (Å²) in [7, 11) is -2.54. The van der Waals surface area contributed by atoms with Crippen molar-refractivity contribution in [1.82, 2.24) is 0 Å². The zero-order valence-corrected chi connectivity index (χ0v) is 27.9. The van der Waals surface area contributed by atoms with E-state index in [0.717, 1.165) is 5.56 Å². The quantitative estimate of drug-likeness (QED) is 0.140. The highest BCUT2D eigenvalue weighted by atomic mass is 28.3. The molecule has 5 rings (SSSR count). The first kappa shape index (κ1) is 31.7. The van der Waals surface area contributed by atoms with Crippen LogP contribution in [0.1, 0.15) is 78.0 Å². The molecule has 43 heavy (non-hydrogen) atoms. The van der Waals surface area contributed by atoms with E-state index in [0.29, 0.717) is 5.57 Å². The predicted octanol–water partition coefficient (Wildman–Crippen LogP) is 11.2. The molecule has 2 aromatic rings. The minimum absolute atomic E-state index is 0.0415. The molecule has 230 valence electrons. The summed E-state index contributed by atoms with van der Waals surface area (Å²) in [6.45, 7) is 21.1. The van der Waals surface area contributed by atoms with Gasteiger partial charge in [-0.2, -0.15) is 0 Å². The molecule has 0 N–H and O–H groups in total. The summed E-state index contributed by atoms with van der Waals surface area (Å²) in [4.78, 5) is 0.